The van der Waals surface area contributed by atoms with Crippen LogP contribution in [0.1, 0.15) is 24.2 Å². The van der Waals surface area contributed by atoms with Crippen LogP contribution in [-0.4, -0.2) is 16.6 Å². The van der Waals surface area contributed by atoms with E-state index in [4.69, 9.17) is 9.84 Å². The molecule has 2 aromatic rings. The minimum atomic E-state index is -0.272. The lowest BCUT2D eigenvalue weighted by molar-refractivity contribution is -0.133. The van der Waals surface area contributed by atoms with Crippen molar-refractivity contribution in [3.8, 4) is 0 Å². The van der Waals surface area contributed by atoms with Crippen LogP contribution in [0, 0.1) is 0 Å². The van der Waals surface area contributed by atoms with Crippen molar-refractivity contribution >= 4 is 17.4 Å². The number of ether oxygens (including phenoxy) is 1. The maximum absolute atomic E-state index is 10.3. The predicted molar refractivity (Wildman–Crippen MR) is 59.8 cm³/mol. The molecule has 1 aromatic heterocycles. The number of H-pyrrole nitrogens is 1. The van der Waals surface area contributed by atoms with Gasteiger partial charge in [0, 0.05) is 22.7 Å². The molecule has 0 aliphatic carbocycles. The van der Waals surface area contributed by atoms with Crippen LogP contribution in [0.3, 0.4) is 0 Å². The van der Waals surface area contributed by atoms with E-state index in [0.29, 0.717) is 6.47 Å². The molecule has 16 heavy (non-hydrogen) atoms. The highest BCUT2D eigenvalue weighted by Gasteiger charge is 2.11. The number of benzene rings is 1. The summed E-state index contributed by atoms with van der Waals surface area (Å²) in [5.41, 5.74) is 2.72. The molecular weight excluding hydrogens is 206 g/mol. The Bertz CT molecular complexity index is 504. The number of aromatic nitrogens is 1. The zero-order valence-electron chi connectivity index (χ0n) is 8.93. The molecule has 84 valence electrons. The van der Waals surface area contributed by atoms with Gasteiger partial charge < -0.3 is 14.8 Å². The first-order valence-electron chi connectivity index (χ1n) is 5.06. The summed E-state index contributed by atoms with van der Waals surface area (Å²) in [6.45, 7) is 2.28. The van der Waals surface area contributed by atoms with E-state index < -0.39 is 0 Å². The van der Waals surface area contributed by atoms with Crippen molar-refractivity contribution in [1.29, 1.82) is 0 Å². The van der Waals surface area contributed by atoms with E-state index in [9.17, 15) is 4.79 Å². The molecule has 1 heterocycles. The third-order valence-electron chi connectivity index (χ3n) is 2.66. The van der Waals surface area contributed by atoms with Gasteiger partial charge >= 0.3 is 0 Å². The van der Waals surface area contributed by atoms with Gasteiger partial charge in [-0.3, -0.25) is 4.79 Å². The fraction of sp³-hybridized carbons (Fsp3) is 0.250. The van der Waals surface area contributed by atoms with E-state index in [0.717, 1.165) is 22.0 Å². The Kier molecular flexibility index (Phi) is 2.92. The normalized spacial score (nSPS) is 12.6. The van der Waals surface area contributed by atoms with Crippen LogP contribution < -0.4 is 0 Å². The van der Waals surface area contributed by atoms with Crippen molar-refractivity contribution in [2.24, 2.45) is 0 Å². The Labute approximate surface area is 92.9 Å². The summed E-state index contributed by atoms with van der Waals surface area (Å²) in [6.07, 6.45) is 1.55. The van der Waals surface area contributed by atoms with Gasteiger partial charge in [-0.2, -0.15) is 0 Å². The molecule has 0 amide bonds. The maximum atomic E-state index is 10.3. The Balaban J connectivity index is 2.44. The number of aliphatic hydroxyl groups is 1. The fourth-order valence-electron chi connectivity index (χ4n) is 1.79. The molecule has 0 aliphatic heterocycles. The summed E-state index contributed by atoms with van der Waals surface area (Å²) in [5.74, 6) is 0. The number of carbonyl (C=O) groups excluding carboxylic acids is 1. The largest absolute Gasteiger partial charge is 0.460 e. The van der Waals surface area contributed by atoms with Crippen molar-refractivity contribution in [3.05, 3.63) is 35.5 Å². The molecular formula is C12H13NO3. The highest BCUT2D eigenvalue weighted by atomic mass is 16.5. The molecule has 2 rings (SSSR count). The van der Waals surface area contributed by atoms with Gasteiger partial charge in [0.1, 0.15) is 6.10 Å². The van der Waals surface area contributed by atoms with Crippen LogP contribution in [0.4, 0.5) is 0 Å². The minimum Gasteiger partial charge on any atom is -0.460 e. The first-order chi connectivity index (χ1) is 7.76. The summed E-state index contributed by atoms with van der Waals surface area (Å²) >= 11 is 0. The van der Waals surface area contributed by atoms with Gasteiger partial charge in [-0.1, -0.05) is 12.1 Å². The number of aromatic amines is 1. The average molecular weight is 219 g/mol. The number of fused-ring (bicyclic) bond motifs is 1. The molecule has 0 saturated carbocycles. The topological polar surface area (TPSA) is 62.3 Å². The Morgan fingerprint density at radius 2 is 2.38 bits per heavy atom. The van der Waals surface area contributed by atoms with Crippen LogP contribution in [-0.2, 0) is 16.1 Å². The highest BCUT2D eigenvalue weighted by Crippen LogP contribution is 2.26. The second-order valence-electron chi connectivity index (χ2n) is 3.66. The molecule has 0 spiro atoms. The zero-order valence-corrected chi connectivity index (χ0v) is 8.93. The van der Waals surface area contributed by atoms with Crippen LogP contribution in [0.15, 0.2) is 24.4 Å². The highest BCUT2D eigenvalue weighted by molar-refractivity contribution is 5.84. The molecule has 1 atom stereocenters. The second kappa shape index (κ2) is 4.37. The lowest BCUT2D eigenvalue weighted by atomic mass is 10.1. The molecule has 1 aromatic carbocycles. The van der Waals surface area contributed by atoms with E-state index in [1.807, 2.05) is 31.3 Å². The SMILES string of the molecule is CC(OC=O)c1c[nH]c2cc(CO)ccc12. The smallest absolute Gasteiger partial charge is 0.293 e. The predicted octanol–water partition coefficient (Wildman–Crippen LogP) is 1.89. The quantitative estimate of drug-likeness (QED) is 0.772. The fourth-order valence-corrected chi connectivity index (χ4v) is 1.79. The molecule has 0 bridgehead atoms. The first-order valence-corrected chi connectivity index (χ1v) is 5.06. The van der Waals surface area contributed by atoms with Gasteiger partial charge in [0.2, 0.25) is 0 Å². The number of rotatable bonds is 4. The van der Waals surface area contributed by atoms with Gasteiger partial charge in [-0.15, -0.1) is 0 Å². The van der Waals surface area contributed by atoms with Gasteiger partial charge in [0.15, 0.2) is 0 Å². The van der Waals surface area contributed by atoms with Crippen LogP contribution in [0.2, 0.25) is 0 Å². The summed E-state index contributed by atoms with van der Waals surface area (Å²) in [4.78, 5) is 13.4. The standard InChI is InChI=1S/C12H13NO3/c1-8(16-7-15)11-5-13-12-4-9(6-14)2-3-10(11)12/h2-5,7-8,13-14H,6H2,1H3. The lowest BCUT2D eigenvalue weighted by Gasteiger charge is -2.07. The number of carbonyl (C=O) groups is 1. The van der Waals surface area contributed by atoms with Crippen molar-refractivity contribution in [2.75, 3.05) is 0 Å². The monoisotopic (exact) mass is 219 g/mol. The molecule has 4 heteroatoms. The molecule has 2 N–H and O–H groups in total. The average Bonchev–Trinajstić information content (AvgIpc) is 2.71. The Morgan fingerprint density at radius 1 is 1.56 bits per heavy atom. The number of hydrogen-bond donors (Lipinski definition) is 2. The van der Waals surface area contributed by atoms with Crippen molar-refractivity contribution in [2.45, 2.75) is 19.6 Å². The summed E-state index contributed by atoms with van der Waals surface area (Å²) in [5, 5.41) is 10.0. The molecule has 0 radical (unpaired) electrons. The van der Waals surface area contributed by atoms with Crippen molar-refractivity contribution in [1.82, 2.24) is 4.98 Å². The van der Waals surface area contributed by atoms with Gasteiger partial charge in [-0.25, -0.2) is 0 Å². The van der Waals surface area contributed by atoms with E-state index in [1.54, 1.807) is 0 Å². The van der Waals surface area contributed by atoms with Crippen LogP contribution in [0.5, 0.6) is 0 Å². The number of hydrogen-bond acceptors (Lipinski definition) is 3. The second-order valence-corrected chi connectivity index (χ2v) is 3.66. The minimum absolute atomic E-state index is 0.0185. The lowest BCUT2D eigenvalue weighted by Crippen LogP contribution is -1.96. The molecule has 0 saturated heterocycles. The number of aliphatic hydroxyl groups excluding tert-OH is 1. The molecule has 4 nitrogen and oxygen atoms in total. The van der Waals surface area contributed by atoms with Crippen molar-refractivity contribution < 1.29 is 14.6 Å². The number of nitrogens with one attached hydrogen (secondary N) is 1. The van der Waals surface area contributed by atoms with E-state index in [-0.39, 0.29) is 12.7 Å². The maximum Gasteiger partial charge on any atom is 0.293 e. The van der Waals surface area contributed by atoms with E-state index in [1.165, 1.54) is 0 Å². The third-order valence-corrected chi connectivity index (χ3v) is 2.66. The van der Waals surface area contributed by atoms with Crippen LogP contribution >= 0.6 is 0 Å². The Morgan fingerprint density at radius 3 is 3.06 bits per heavy atom. The van der Waals surface area contributed by atoms with Gasteiger partial charge in [0.25, 0.3) is 6.47 Å². The van der Waals surface area contributed by atoms with Crippen LogP contribution in [0.25, 0.3) is 10.9 Å². The third kappa shape index (κ3) is 1.79. The molecule has 0 aliphatic rings. The summed E-state index contributed by atoms with van der Waals surface area (Å²) in [7, 11) is 0. The van der Waals surface area contributed by atoms with Gasteiger partial charge in [-0.05, 0) is 18.6 Å². The summed E-state index contributed by atoms with van der Waals surface area (Å²) in [6, 6.07) is 5.65. The molecule has 0 fully saturated rings. The summed E-state index contributed by atoms with van der Waals surface area (Å²) < 4.78 is 4.90. The first kappa shape index (κ1) is 10.7. The van der Waals surface area contributed by atoms with Crippen molar-refractivity contribution in [3.63, 3.8) is 0 Å². The Hall–Kier alpha value is -1.81. The zero-order chi connectivity index (χ0) is 11.5. The van der Waals surface area contributed by atoms with E-state index in [2.05, 4.69) is 4.98 Å². The van der Waals surface area contributed by atoms with Gasteiger partial charge in [0.05, 0.1) is 6.61 Å². The van der Waals surface area contributed by atoms with E-state index >= 15 is 0 Å². The molecule has 1 unspecified atom stereocenters.